The summed E-state index contributed by atoms with van der Waals surface area (Å²) >= 11 is 8.36. The number of benzene rings is 1. The van der Waals surface area contributed by atoms with Crippen molar-refractivity contribution in [2.75, 3.05) is 18.6 Å². The Bertz CT molecular complexity index is 605. The van der Waals surface area contributed by atoms with E-state index in [0.29, 0.717) is 0 Å². The minimum Gasteiger partial charge on any atom is -0.497 e. The Morgan fingerprint density at radius 2 is 2.40 bits per heavy atom. The maximum Gasteiger partial charge on any atom is 0.127 e. The second-order valence-electron chi connectivity index (χ2n) is 5.28. The molecule has 2 unspecified atom stereocenters. The molecule has 0 radical (unpaired) electrons. The minimum atomic E-state index is -0.0811. The van der Waals surface area contributed by atoms with E-state index in [1.807, 2.05) is 30.8 Å². The highest BCUT2D eigenvalue weighted by Gasteiger charge is 2.21. The molecule has 1 aliphatic rings. The average molecular weight is 311 g/mol. The van der Waals surface area contributed by atoms with Gasteiger partial charge in [0, 0.05) is 12.6 Å². The Morgan fingerprint density at radius 3 is 3.05 bits per heavy atom. The van der Waals surface area contributed by atoms with Crippen molar-refractivity contribution in [3.05, 3.63) is 24.0 Å². The van der Waals surface area contributed by atoms with Gasteiger partial charge in [0.25, 0.3) is 0 Å². The molecule has 2 aromatic rings. The van der Waals surface area contributed by atoms with Crippen LogP contribution in [0.1, 0.15) is 24.5 Å². The fraction of sp³-hybridized carbons (Fsp3) is 0.533. The molecular weight excluding hydrogens is 292 g/mol. The molecule has 0 bridgehead atoms. The summed E-state index contributed by atoms with van der Waals surface area (Å²) in [7, 11) is 1.70. The van der Waals surface area contributed by atoms with E-state index in [0.717, 1.165) is 35.1 Å². The molecule has 1 aromatic heterocycles. The van der Waals surface area contributed by atoms with Crippen LogP contribution in [0.2, 0.25) is 0 Å². The molecule has 1 aliphatic heterocycles. The van der Waals surface area contributed by atoms with Crippen molar-refractivity contribution in [1.29, 1.82) is 0 Å². The van der Waals surface area contributed by atoms with Gasteiger partial charge in [-0.1, -0.05) is 0 Å². The van der Waals surface area contributed by atoms with Gasteiger partial charge in [-0.15, -0.1) is 11.6 Å². The van der Waals surface area contributed by atoms with Crippen LogP contribution in [-0.4, -0.2) is 28.2 Å². The molecule has 0 aliphatic carbocycles. The Kier molecular flexibility index (Phi) is 4.13. The van der Waals surface area contributed by atoms with E-state index < -0.39 is 0 Å². The first kappa shape index (κ1) is 14.1. The van der Waals surface area contributed by atoms with E-state index in [1.54, 1.807) is 7.11 Å². The van der Waals surface area contributed by atoms with Crippen molar-refractivity contribution < 1.29 is 4.74 Å². The summed E-state index contributed by atoms with van der Waals surface area (Å²) in [6, 6.07) is 6.03. The summed E-state index contributed by atoms with van der Waals surface area (Å²) in [5.41, 5.74) is 2.13. The Labute approximate surface area is 128 Å². The van der Waals surface area contributed by atoms with Gasteiger partial charge in [0.2, 0.25) is 0 Å². The third-order valence-electron chi connectivity index (χ3n) is 3.81. The zero-order valence-corrected chi connectivity index (χ0v) is 13.4. The van der Waals surface area contributed by atoms with Gasteiger partial charge in [0.1, 0.15) is 11.6 Å². The van der Waals surface area contributed by atoms with E-state index in [9.17, 15) is 0 Å². The van der Waals surface area contributed by atoms with Crippen LogP contribution < -0.4 is 4.74 Å². The summed E-state index contributed by atoms with van der Waals surface area (Å²) in [5, 5.41) is -0.0811. The molecule has 5 heteroatoms. The molecule has 108 valence electrons. The molecule has 1 saturated heterocycles. The molecule has 2 atom stereocenters. The maximum atomic E-state index is 6.32. The monoisotopic (exact) mass is 310 g/mol. The lowest BCUT2D eigenvalue weighted by atomic mass is 10.1. The number of methoxy groups -OCH3 is 1. The van der Waals surface area contributed by atoms with Gasteiger partial charge < -0.3 is 9.30 Å². The lowest BCUT2D eigenvalue weighted by Crippen LogP contribution is -2.13. The van der Waals surface area contributed by atoms with E-state index in [4.69, 9.17) is 21.3 Å². The molecule has 0 spiro atoms. The topological polar surface area (TPSA) is 27.1 Å². The molecule has 0 saturated carbocycles. The SMILES string of the molecule is COc1ccc2nc(C(C)Cl)n(CC3CCSC3)c2c1. The highest BCUT2D eigenvalue weighted by molar-refractivity contribution is 7.99. The number of hydrogen-bond acceptors (Lipinski definition) is 3. The molecular formula is C15H19ClN2OS. The largest absolute Gasteiger partial charge is 0.497 e. The van der Waals surface area contributed by atoms with E-state index in [-0.39, 0.29) is 5.38 Å². The normalized spacial score (nSPS) is 20.4. The summed E-state index contributed by atoms with van der Waals surface area (Å²) in [6.45, 7) is 2.99. The number of ether oxygens (including phenoxy) is 1. The predicted octanol–water partition coefficient (Wildman–Crippen LogP) is 4.10. The van der Waals surface area contributed by atoms with Crippen LogP contribution in [0.15, 0.2) is 18.2 Å². The van der Waals surface area contributed by atoms with Crippen LogP contribution >= 0.6 is 23.4 Å². The predicted molar refractivity (Wildman–Crippen MR) is 86.0 cm³/mol. The number of nitrogens with zero attached hydrogens (tertiary/aromatic N) is 2. The lowest BCUT2D eigenvalue weighted by Gasteiger charge is -2.15. The lowest BCUT2D eigenvalue weighted by molar-refractivity contribution is 0.415. The summed E-state index contributed by atoms with van der Waals surface area (Å²) in [4.78, 5) is 4.70. The Morgan fingerprint density at radius 1 is 1.55 bits per heavy atom. The minimum absolute atomic E-state index is 0.0811. The molecule has 0 amide bonds. The number of rotatable bonds is 4. The molecule has 1 fully saturated rings. The summed E-state index contributed by atoms with van der Waals surface area (Å²) in [5.74, 6) is 5.06. The van der Waals surface area contributed by atoms with Crippen molar-refractivity contribution in [2.45, 2.75) is 25.3 Å². The van der Waals surface area contributed by atoms with E-state index in [1.165, 1.54) is 17.9 Å². The smallest absolute Gasteiger partial charge is 0.127 e. The summed E-state index contributed by atoms with van der Waals surface area (Å²) in [6.07, 6.45) is 1.28. The highest BCUT2D eigenvalue weighted by atomic mass is 35.5. The third-order valence-corrected chi connectivity index (χ3v) is 5.23. The number of imidazole rings is 1. The fourth-order valence-electron chi connectivity index (χ4n) is 2.73. The first-order chi connectivity index (χ1) is 9.69. The molecule has 3 rings (SSSR count). The van der Waals surface area contributed by atoms with Crippen LogP contribution in [0, 0.1) is 5.92 Å². The molecule has 2 heterocycles. The van der Waals surface area contributed by atoms with Gasteiger partial charge in [-0.25, -0.2) is 4.98 Å². The van der Waals surface area contributed by atoms with Gasteiger partial charge in [0.05, 0.1) is 23.5 Å². The van der Waals surface area contributed by atoms with Crippen LogP contribution in [-0.2, 0) is 6.54 Å². The molecule has 3 nitrogen and oxygen atoms in total. The number of hydrogen-bond donors (Lipinski definition) is 0. The number of aromatic nitrogens is 2. The number of alkyl halides is 1. The van der Waals surface area contributed by atoms with Crippen LogP contribution in [0.5, 0.6) is 5.75 Å². The van der Waals surface area contributed by atoms with Gasteiger partial charge in [-0.05, 0) is 42.9 Å². The van der Waals surface area contributed by atoms with Crippen molar-refractivity contribution in [3.63, 3.8) is 0 Å². The number of thioether (sulfide) groups is 1. The summed E-state index contributed by atoms with van der Waals surface area (Å²) < 4.78 is 7.62. The Balaban J connectivity index is 2.06. The van der Waals surface area contributed by atoms with Crippen LogP contribution in [0.25, 0.3) is 11.0 Å². The van der Waals surface area contributed by atoms with Crippen LogP contribution in [0.4, 0.5) is 0 Å². The van der Waals surface area contributed by atoms with Crippen molar-refractivity contribution in [2.24, 2.45) is 5.92 Å². The first-order valence-corrected chi connectivity index (χ1v) is 8.54. The zero-order chi connectivity index (χ0) is 14.1. The van der Waals surface area contributed by atoms with E-state index in [2.05, 4.69) is 10.6 Å². The molecule has 1 aromatic carbocycles. The average Bonchev–Trinajstić information content (AvgIpc) is 3.07. The maximum absolute atomic E-state index is 6.32. The van der Waals surface area contributed by atoms with Gasteiger partial charge in [-0.3, -0.25) is 0 Å². The third kappa shape index (κ3) is 2.63. The zero-order valence-electron chi connectivity index (χ0n) is 11.8. The fourth-order valence-corrected chi connectivity index (χ4v) is 4.17. The Hall–Kier alpha value is -0.870. The van der Waals surface area contributed by atoms with Crippen LogP contribution in [0.3, 0.4) is 0 Å². The molecule has 0 N–H and O–H groups in total. The quantitative estimate of drug-likeness (QED) is 0.796. The first-order valence-electron chi connectivity index (χ1n) is 6.95. The van der Waals surface area contributed by atoms with Gasteiger partial charge in [0.15, 0.2) is 0 Å². The number of fused-ring (bicyclic) bond motifs is 1. The second-order valence-corrected chi connectivity index (χ2v) is 7.09. The van der Waals surface area contributed by atoms with Crippen molar-refractivity contribution >= 4 is 34.4 Å². The van der Waals surface area contributed by atoms with Gasteiger partial charge in [-0.2, -0.15) is 11.8 Å². The second kappa shape index (κ2) is 5.86. The van der Waals surface area contributed by atoms with Crippen molar-refractivity contribution in [1.82, 2.24) is 9.55 Å². The van der Waals surface area contributed by atoms with E-state index >= 15 is 0 Å². The highest BCUT2D eigenvalue weighted by Crippen LogP contribution is 2.31. The van der Waals surface area contributed by atoms with Gasteiger partial charge >= 0.3 is 0 Å². The van der Waals surface area contributed by atoms with Crippen molar-refractivity contribution in [3.8, 4) is 5.75 Å². The number of halogens is 1. The molecule has 20 heavy (non-hydrogen) atoms. The standard InChI is InChI=1S/C15H19ClN2OS/c1-10(16)15-17-13-4-3-12(19-2)7-14(13)18(15)8-11-5-6-20-9-11/h3-4,7,10-11H,5-6,8-9H2,1-2H3.